The average molecular weight is 952 g/mol. The van der Waals surface area contributed by atoms with E-state index >= 15 is 0 Å². The van der Waals surface area contributed by atoms with Crippen LogP contribution < -0.4 is 82.9 Å². The molecule has 22 heteroatoms. The van der Waals surface area contributed by atoms with Crippen LogP contribution in [-0.2, 0) is 42.2 Å². The van der Waals surface area contributed by atoms with E-state index in [0.29, 0.717) is 53.9 Å². The summed E-state index contributed by atoms with van der Waals surface area (Å²) >= 11 is -5.94. The second-order valence-corrected chi connectivity index (χ2v) is 19.9. The number of fused-ring (bicyclic) bond motifs is 2. The number of anilines is 2. The topological polar surface area (TPSA) is 274 Å². The fraction of sp³-hybridized carbons (Fsp3) is 0.278. The predicted molar refractivity (Wildman–Crippen MR) is 197 cm³/mol. The molecule has 0 bridgehead atoms. The molecule has 3 heterocycles. The summed E-state index contributed by atoms with van der Waals surface area (Å²) < 4.78 is 101. The van der Waals surface area contributed by atoms with E-state index in [1.54, 1.807) is 12.1 Å². The van der Waals surface area contributed by atoms with Crippen molar-refractivity contribution in [2.45, 2.75) is 61.5 Å². The van der Waals surface area contributed by atoms with Gasteiger partial charge in [-0.2, -0.15) is 10.5 Å². The van der Waals surface area contributed by atoms with Crippen molar-refractivity contribution in [3.8, 4) is 12.1 Å². The van der Waals surface area contributed by atoms with Crippen LogP contribution in [0.15, 0.2) is 94.7 Å². The van der Waals surface area contributed by atoms with Gasteiger partial charge >= 0.3 is 43.8 Å². The number of hydrogen-bond donors (Lipinski definition) is 2. The van der Waals surface area contributed by atoms with Gasteiger partial charge in [0.2, 0.25) is 0 Å². The Labute approximate surface area is 366 Å². The summed E-state index contributed by atoms with van der Waals surface area (Å²) in [5.41, 5.74) is 4.12. The summed E-state index contributed by atoms with van der Waals surface area (Å²) in [7, 11) is -9.45. The molecule has 4 aromatic rings. The molecule has 0 saturated carbocycles. The Hall–Kier alpha value is -3.10. The SMILES string of the molecule is CC1(C)OB(c2ccc3c(c2)CCN3S(=O)(=O)c2ccc(C#N)cc2)OC1(C)C.N#Cc1ccc(S(=O)(=O)N2CCc3cc(B(O)O)ccc32)cc1.[Na+].[O-][I+3]([O-])([O-])[O-]. The smallest absolute Gasteiger partial charge is 0.423 e. The Morgan fingerprint density at radius 3 is 1.45 bits per heavy atom. The minimum Gasteiger partial charge on any atom is -0.423 e. The van der Waals surface area contributed by atoms with Crippen LogP contribution >= 0.6 is 0 Å². The first-order valence-electron chi connectivity index (χ1n) is 17.1. The fourth-order valence-electron chi connectivity index (χ4n) is 6.23. The van der Waals surface area contributed by atoms with Crippen molar-refractivity contribution in [2.75, 3.05) is 21.7 Å². The maximum Gasteiger partial charge on any atom is 1.00 e. The number of halogens is 1. The van der Waals surface area contributed by atoms with Crippen molar-refractivity contribution < 1.29 is 99.6 Å². The summed E-state index contributed by atoms with van der Waals surface area (Å²) in [6.07, 6.45) is 1.13. The van der Waals surface area contributed by atoms with Gasteiger partial charge in [0.1, 0.15) is 20.1 Å². The Morgan fingerprint density at radius 2 is 1.07 bits per heavy atom. The molecule has 3 aliphatic heterocycles. The summed E-state index contributed by atoms with van der Waals surface area (Å²) in [4.78, 5) is 0.301. The first kappa shape index (κ1) is 47.6. The quantitative estimate of drug-likeness (QED) is 0.134. The minimum absolute atomic E-state index is 0. The molecule has 16 nitrogen and oxygen atoms in total. The van der Waals surface area contributed by atoms with E-state index in [-0.39, 0.29) is 39.3 Å². The van der Waals surface area contributed by atoms with E-state index in [2.05, 4.69) is 0 Å². The van der Waals surface area contributed by atoms with Crippen LogP contribution in [0, 0.1) is 22.7 Å². The minimum atomic E-state index is -5.94. The van der Waals surface area contributed by atoms with Crippen LogP contribution in [0.1, 0.15) is 49.9 Å². The molecule has 7 rings (SSSR count). The monoisotopic (exact) mass is 952 g/mol. The van der Waals surface area contributed by atoms with Gasteiger partial charge in [-0.1, -0.05) is 24.3 Å². The molecule has 0 amide bonds. The second-order valence-electron chi connectivity index (χ2n) is 14.0. The van der Waals surface area contributed by atoms with Crippen LogP contribution in [0.2, 0.25) is 0 Å². The summed E-state index contributed by atoms with van der Waals surface area (Å²) in [6, 6.07) is 26.1. The van der Waals surface area contributed by atoms with E-state index in [4.69, 9.17) is 33.6 Å². The van der Waals surface area contributed by atoms with Gasteiger partial charge in [-0.3, -0.25) is 22.4 Å². The molecule has 0 aliphatic carbocycles. The van der Waals surface area contributed by atoms with E-state index in [1.807, 2.05) is 58.0 Å². The summed E-state index contributed by atoms with van der Waals surface area (Å²) in [5.74, 6) is 0. The molecule has 298 valence electrons. The third-order valence-electron chi connectivity index (χ3n) is 9.88. The third-order valence-corrected chi connectivity index (χ3v) is 13.5. The van der Waals surface area contributed by atoms with Crippen molar-refractivity contribution in [2.24, 2.45) is 0 Å². The maximum absolute atomic E-state index is 13.1. The second kappa shape index (κ2) is 18.3. The molecule has 1 saturated heterocycles. The van der Waals surface area contributed by atoms with E-state index < -0.39 is 65.6 Å². The Bertz CT molecular complexity index is 2420. The largest absolute Gasteiger partial charge is 1.00 e. The van der Waals surface area contributed by atoms with Gasteiger partial charge in [-0.15, -0.1) is 0 Å². The molecule has 4 aromatic carbocycles. The predicted octanol–water partition coefficient (Wildman–Crippen LogP) is -8.15. The number of benzene rings is 4. The molecule has 0 atom stereocenters. The van der Waals surface area contributed by atoms with Crippen LogP contribution in [0.3, 0.4) is 0 Å². The van der Waals surface area contributed by atoms with Crippen molar-refractivity contribution in [3.63, 3.8) is 0 Å². The van der Waals surface area contributed by atoms with Gasteiger partial charge in [-0.05, 0) is 123 Å². The molecule has 3 aliphatic rings. The first-order valence-corrected chi connectivity index (χ1v) is 23.5. The average Bonchev–Trinajstić information content (AvgIpc) is 3.84. The number of nitrogens with zero attached hydrogens (tertiary/aromatic N) is 4. The van der Waals surface area contributed by atoms with Gasteiger partial charge in [0.25, 0.3) is 20.0 Å². The van der Waals surface area contributed by atoms with Crippen LogP contribution in [0.5, 0.6) is 0 Å². The molecule has 0 unspecified atom stereocenters. The van der Waals surface area contributed by atoms with Crippen molar-refractivity contribution >= 4 is 56.6 Å². The third kappa shape index (κ3) is 10.6. The molecule has 1 fully saturated rings. The number of hydrogen-bond acceptors (Lipinski definition) is 14. The fourth-order valence-corrected chi connectivity index (χ4v) is 9.23. The van der Waals surface area contributed by atoms with E-state index in [9.17, 15) is 26.9 Å². The van der Waals surface area contributed by atoms with Crippen molar-refractivity contribution in [1.82, 2.24) is 0 Å². The van der Waals surface area contributed by atoms with Gasteiger partial charge in [-0.25, -0.2) is 16.8 Å². The first-order chi connectivity index (χ1) is 26.5. The molecular weight excluding hydrogens is 916 g/mol. The molecule has 58 heavy (non-hydrogen) atoms. The zero-order valence-corrected chi connectivity index (χ0v) is 37.8. The number of rotatable bonds is 6. The van der Waals surface area contributed by atoms with Crippen molar-refractivity contribution in [3.05, 3.63) is 107 Å². The molecule has 2 N–H and O–H groups in total. The van der Waals surface area contributed by atoms with Crippen molar-refractivity contribution in [1.29, 1.82) is 10.5 Å². The molecule has 0 aromatic heterocycles. The van der Waals surface area contributed by atoms with Crippen LogP contribution in [-0.4, -0.2) is 65.4 Å². The van der Waals surface area contributed by atoms with Gasteiger partial charge in [0.15, 0.2) is 0 Å². The van der Waals surface area contributed by atoms with E-state index in [1.165, 1.54) is 63.2 Å². The Morgan fingerprint density at radius 1 is 0.690 bits per heavy atom. The molecule has 0 spiro atoms. The normalized spacial score (nSPS) is 16.3. The molecular formula is C36H36B2IN4NaO12S2. The van der Waals surface area contributed by atoms with Crippen LogP contribution in [0.25, 0.3) is 0 Å². The van der Waals surface area contributed by atoms with E-state index in [0.717, 1.165) is 16.6 Å². The Balaban J connectivity index is 0.000000231. The molecule has 0 radical (unpaired) electrons. The maximum atomic E-state index is 13.1. The van der Waals surface area contributed by atoms with Gasteiger partial charge in [0, 0.05) is 13.1 Å². The summed E-state index contributed by atoms with van der Waals surface area (Å²) in [5, 5.41) is 36.1. The zero-order chi connectivity index (χ0) is 42.1. The summed E-state index contributed by atoms with van der Waals surface area (Å²) in [6.45, 7) is 8.70. The van der Waals surface area contributed by atoms with Crippen LogP contribution in [0.4, 0.5) is 11.4 Å². The number of nitriles is 2. The standard InChI is InChI=1S/C21H23BN2O4S.C15H13BN2O4S.IO4.Na/c1-20(2)21(3,4)28-22(27-20)17-7-10-19-16(13-17)11-12-24(19)29(25,26)18-8-5-15(14-23)6-9-18;17-10-11-1-4-14(5-2-11)23(21,22)18-8-7-12-9-13(16(19)20)3-6-15(12)18;2-1(3,4)5;/h5-10,13H,11-12H2,1-4H3;1-6,9,19-20H,7-8H2;;/q;;-1;+1. The Kier molecular flexibility index (Phi) is 15.0. The van der Waals surface area contributed by atoms with Gasteiger partial charge < -0.3 is 19.4 Å². The number of sulfonamides is 2. The van der Waals surface area contributed by atoms with Gasteiger partial charge in [0.05, 0.1) is 55.6 Å². The zero-order valence-electron chi connectivity index (χ0n) is 32.0.